The lowest BCUT2D eigenvalue weighted by atomic mass is 10.2. The van der Waals surface area contributed by atoms with Crippen LogP contribution in [-0.4, -0.2) is 24.5 Å². The van der Waals surface area contributed by atoms with E-state index in [4.69, 9.17) is 0 Å². The van der Waals surface area contributed by atoms with E-state index in [1.165, 1.54) is 17.0 Å². The van der Waals surface area contributed by atoms with E-state index in [1.807, 2.05) is 6.92 Å². The molecule has 0 heterocycles. The van der Waals surface area contributed by atoms with Gasteiger partial charge in [0, 0.05) is 20.1 Å². The lowest BCUT2D eigenvalue weighted by molar-refractivity contribution is 0.207. The molecular formula is C12H17FN2O. The maximum atomic E-state index is 12.9. The van der Waals surface area contributed by atoms with Crippen LogP contribution in [0.5, 0.6) is 0 Å². The minimum Gasteiger partial charge on any atom is -0.338 e. The summed E-state index contributed by atoms with van der Waals surface area (Å²) in [6.45, 7) is 3.06. The molecule has 0 atom stereocenters. The molecule has 0 saturated carbocycles. The number of benzene rings is 1. The van der Waals surface area contributed by atoms with Gasteiger partial charge in [-0.25, -0.2) is 9.18 Å². The molecule has 0 aliphatic carbocycles. The number of carbonyl (C=O) groups is 1. The molecule has 1 rings (SSSR count). The van der Waals surface area contributed by atoms with Gasteiger partial charge in [-0.05, 0) is 24.1 Å². The lowest BCUT2D eigenvalue weighted by Crippen LogP contribution is -2.37. The fourth-order valence-corrected chi connectivity index (χ4v) is 1.35. The summed E-state index contributed by atoms with van der Waals surface area (Å²) in [7, 11) is 1.69. The van der Waals surface area contributed by atoms with Crippen molar-refractivity contribution >= 4 is 6.03 Å². The molecule has 4 heteroatoms. The Bertz CT molecular complexity index is 355. The second-order valence-electron chi connectivity index (χ2n) is 3.72. The van der Waals surface area contributed by atoms with Crippen LogP contribution in [0.25, 0.3) is 0 Å². The molecule has 16 heavy (non-hydrogen) atoms. The first kappa shape index (κ1) is 12.5. The fraction of sp³-hybridized carbons (Fsp3) is 0.417. The van der Waals surface area contributed by atoms with Gasteiger partial charge in [0.25, 0.3) is 0 Å². The van der Waals surface area contributed by atoms with Gasteiger partial charge in [0.2, 0.25) is 0 Å². The zero-order valence-corrected chi connectivity index (χ0v) is 9.66. The number of nitrogens with zero attached hydrogens (tertiary/aromatic N) is 1. The number of urea groups is 1. The summed E-state index contributed by atoms with van der Waals surface area (Å²) in [6, 6.07) is 6.13. The Morgan fingerprint density at radius 1 is 1.50 bits per heavy atom. The van der Waals surface area contributed by atoms with Crippen LogP contribution in [0, 0.1) is 5.82 Å². The Balaban J connectivity index is 2.50. The zero-order chi connectivity index (χ0) is 12.0. The third-order valence-electron chi connectivity index (χ3n) is 2.18. The standard InChI is InChI=1S/C12H17FN2O/c1-3-7-14-12(16)15(2)9-10-5-4-6-11(13)8-10/h4-6,8H,3,7,9H2,1-2H3,(H,14,16). The van der Waals surface area contributed by atoms with Crippen LogP contribution in [0.15, 0.2) is 24.3 Å². The molecule has 0 saturated heterocycles. The van der Waals surface area contributed by atoms with Crippen molar-refractivity contribution in [3.05, 3.63) is 35.6 Å². The van der Waals surface area contributed by atoms with E-state index in [0.717, 1.165) is 12.0 Å². The highest BCUT2D eigenvalue weighted by Crippen LogP contribution is 2.06. The van der Waals surface area contributed by atoms with Crippen molar-refractivity contribution in [2.75, 3.05) is 13.6 Å². The molecule has 0 radical (unpaired) electrons. The van der Waals surface area contributed by atoms with Gasteiger partial charge in [0.1, 0.15) is 5.82 Å². The molecule has 2 amide bonds. The van der Waals surface area contributed by atoms with Gasteiger partial charge in [-0.1, -0.05) is 19.1 Å². The maximum absolute atomic E-state index is 12.9. The molecule has 1 aromatic carbocycles. The molecule has 0 fully saturated rings. The molecule has 0 aromatic heterocycles. The third kappa shape index (κ3) is 3.88. The molecule has 3 nitrogen and oxygen atoms in total. The average molecular weight is 224 g/mol. The number of amides is 2. The van der Waals surface area contributed by atoms with Crippen molar-refractivity contribution in [1.29, 1.82) is 0 Å². The Morgan fingerprint density at radius 2 is 2.25 bits per heavy atom. The normalized spacial score (nSPS) is 9.94. The maximum Gasteiger partial charge on any atom is 0.317 e. The highest BCUT2D eigenvalue weighted by atomic mass is 19.1. The highest BCUT2D eigenvalue weighted by Gasteiger charge is 2.07. The van der Waals surface area contributed by atoms with Gasteiger partial charge in [0.15, 0.2) is 0 Å². The first-order valence-electron chi connectivity index (χ1n) is 5.37. The predicted octanol–water partition coefficient (Wildman–Crippen LogP) is 2.38. The van der Waals surface area contributed by atoms with E-state index in [0.29, 0.717) is 13.1 Å². The van der Waals surface area contributed by atoms with Crippen molar-refractivity contribution in [3.8, 4) is 0 Å². The minimum atomic E-state index is -0.278. The number of halogens is 1. The second kappa shape index (κ2) is 6.10. The van der Waals surface area contributed by atoms with Gasteiger partial charge in [-0.3, -0.25) is 0 Å². The summed E-state index contributed by atoms with van der Waals surface area (Å²) >= 11 is 0. The van der Waals surface area contributed by atoms with Gasteiger partial charge >= 0.3 is 6.03 Å². The van der Waals surface area contributed by atoms with Gasteiger partial charge < -0.3 is 10.2 Å². The predicted molar refractivity (Wildman–Crippen MR) is 61.6 cm³/mol. The molecule has 1 aromatic rings. The van der Waals surface area contributed by atoms with Crippen LogP contribution < -0.4 is 5.32 Å². The Kier molecular flexibility index (Phi) is 4.76. The zero-order valence-electron chi connectivity index (χ0n) is 9.66. The minimum absolute atomic E-state index is 0.133. The highest BCUT2D eigenvalue weighted by molar-refractivity contribution is 5.73. The average Bonchev–Trinajstić information content (AvgIpc) is 2.25. The van der Waals surface area contributed by atoms with Crippen molar-refractivity contribution in [3.63, 3.8) is 0 Å². The molecule has 0 aliphatic heterocycles. The van der Waals surface area contributed by atoms with E-state index >= 15 is 0 Å². The first-order valence-corrected chi connectivity index (χ1v) is 5.37. The largest absolute Gasteiger partial charge is 0.338 e. The summed E-state index contributed by atoms with van der Waals surface area (Å²) in [5.41, 5.74) is 0.786. The molecular weight excluding hydrogens is 207 g/mol. The van der Waals surface area contributed by atoms with Crippen molar-refractivity contribution < 1.29 is 9.18 Å². The first-order chi connectivity index (χ1) is 7.63. The molecule has 1 N–H and O–H groups in total. The van der Waals surface area contributed by atoms with Crippen LogP contribution in [0.2, 0.25) is 0 Å². The molecule has 88 valence electrons. The number of hydrogen-bond acceptors (Lipinski definition) is 1. The van der Waals surface area contributed by atoms with Gasteiger partial charge in [0.05, 0.1) is 0 Å². The van der Waals surface area contributed by atoms with Crippen LogP contribution in [0.3, 0.4) is 0 Å². The molecule has 0 unspecified atom stereocenters. The number of hydrogen-bond donors (Lipinski definition) is 1. The summed E-state index contributed by atoms with van der Waals surface area (Å²) < 4.78 is 12.9. The quantitative estimate of drug-likeness (QED) is 0.836. The smallest absolute Gasteiger partial charge is 0.317 e. The van der Waals surface area contributed by atoms with Crippen molar-refractivity contribution in [2.45, 2.75) is 19.9 Å². The number of nitrogens with one attached hydrogen (secondary N) is 1. The van der Waals surface area contributed by atoms with Crippen molar-refractivity contribution in [1.82, 2.24) is 10.2 Å². The third-order valence-corrected chi connectivity index (χ3v) is 2.18. The summed E-state index contributed by atoms with van der Waals surface area (Å²) in [6.07, 6.45) is 0.902. The Labute approximate surface area is 95.3 Å². The van der Waals surface area contributed by atoms with Gasteiger partial charge in [-0.15, -0.1) is 0 Å². The van der Waals surface area contributed by atoms with E-state index in [-0.39, 0.29) is 11.8 Å². The molecule has 0 bridgehead atoms. The van der Waals surface area contributed by atoms with Gasteiger partial charge in [-0.2, -0.15) is 0 Å². The Morgan fingerprint density at radius 3 is 2.88 bits per heavy atom. The Hall–Kier alpha value is -1.58. The summed E-state index contributed by atoms with van der Waals surface area (Å²) in [4.78, 5) is 13.0. The van der Waals surface area contributed by atoms with E-state index < -0.39 is 0 Å². The lowest BCUT2D eigenvalue weighted by Gasteiger charge is -2.17. The summed E-state index contributed by atoms with van der Waals surface area (Å²) in [5, 5.41) is 2.76. The number of carbonyl (C=O) groups excluding carboxylic acids is 1. The molecule has 0 aliphatic rings. The SMILES string of the molecule is CCCNC(=O)N(C)Cc1cccc(F)c1. The van der Waals surface area contributed by atoms with E-state index in [9.17, 15) is 9.18 Å². The number of rotatable bonds is 4. The van der Waals surface area contributed by atoms with Crippen LogP contribution in [0.1, 0.15) is 18.9 Å². The summed E-state index contributed by atoms with van der Waals surface area (Å²) in [5.74, 6) is -0.278. The monoisotopic (exact) mass is 224 g/mol. The van der Waals surface area contributed by atoms with E-state index in [2.05, 4.69) is 5.32 Å². The second-order valence-corrected chi connectivity index (χ2v) is 3.72. The fourth-order valence-electron chi connectivity index (χ4n) is 1.35. The van der Waals surface area contributed by atoms with Crippen molar-refractivity contribution in [2.24, 2.45) is 0 Å². The van der Waals surface area contributed by atoms with E-state index in [1.54, 1.807) is 19.2 Å². The topological polar surface area (TPSA) is 32.3 Å². The van der Waals surface area contributed by atoms with Crippen LogP contribution in [0.4, 0.5) is 9.18 Å². The molecule has 0 spiro atoms. The van der Waals surface area contributed by atoms with Crippen LogP contribution >= 0.6 is 0 Å². The van der Waals surface area contributed by atoms with Crippen LogP contribution in [-0.2, 0) is 6.54 Å².